The van der Waals surface area contributed by atoms with Crippen molar-refractivity contribution in [1.82, 2.24) is 0 Å². The van der Waals surface area contributed by atoms with Crippen LogP contribution in [0.25, 0.3) is 11.1 Å². The Bertz CT molecular complexity index is 1100. The molecular weight excluding hydrogens is 380 g/mol. The molecule has 0 spiro atoms. The fourth-order valence-electron chi connectivity index (χ4n) is 2.82. The summed E-state index contributed by atoms with van der Waals surface area (Å²) in [6.07, 6.45) is 0. The largest absolute Gasteiger partial charge is 0.484 e. The number of carbonyl (C=O) groups excluding carboxylic acids is 2. The number of nitrogens with zero attached hydrogens (tertiary/aromatic N) is 1. The Kier molecular flexibility index (Phi) is 6.46. The molecule has 6 heteroatoms. The summed E-state index contributed by atoms with van der Waals surface area (Å²) < 4.78 is 10.3. The van der Waals surface area contributed by atoms with Crippen molar-refractivity contribution in [2.24, 2.45) is 0 Å². The van der Waals surface area contributed by atoms with Gasteiger partial charge in [-0.1, -0.05) is 30.3 Å². The van der Waals surface area contributed by atoms with Crippen LogP contribution in [0.1, 0.15) is 21.5 Å². The summed E-state index contributed by atoms with van der Waals surface area (Å²) in [5, 5.41) is 11.6. The fraction of sp³-hybridized carbons (Fsp3) is 0.125. The maximum absolute atomic E-state index is 12.3. The molecule has 30 heavy (non-hydrogen) atoms. The van der Waals surface area contributed by atoms with Crippen molar-refractivity contribution in [2.75, 3.05) is 19.0 Å². The lowest BCUT2D eigenvalue weighted by molar-refractivity contribution is -0.118. The number of anilines is 1. The number of amides is 1. The summed E-state index contributed by atoms with van der Waals surface area (Å²) in [4.78, 5) is 23.9. The molecule has 0 atom stereocenters. The summed E-state index contributed by atoms with van der Waals surface area (Å²) in [5.41, 5.74) is 4.28. The molecule has 0 aliphatic rings. The van der Waals surface area contributed by atoms with E-state index in [1.54, 1.807) is 42.5 Å². The number of esters is 1. The quantitative estimate of drug-likeness (QED) is 0.622. The SMILES string of the molecule is COC(=O)c1ccc(C)c(NC(=O)COc2ccc(-c3ccc(C#N)cc3)cc2)c1. The number of rotatable bonds is 6. The highest BCUT2D eigenvalue weighted by Crippen LogP contribution is 2.23. The van der Waals surface area contributed by atoms with E-state index in [1.807, 2.05) is 31.2 Å². The molecule has 0 saturated carbocycles. The minimum absolute atomic E-state index is 0.169. The average molecular weight is 400 g/mol. The standard InChI is InChI=1S/C24H20N2O4/c1-16-3-6-20(24(28)29-2)13-22(16)26-23(27)15-30-21-11-9-19(10-12-21)18-7-4-17(14-25)5-8-18/h3-13H,15H2,1-2H3,(H,26,27). The first-order valence-electron chi connectivity index (χ1n) is 9.22. The zero-order chi connectivity index (χ0) is 21.5. The monoisotopic (exact) mass is 400 g/mol. The van der Waals surface area contributed by atoms with Crippen molar-refractivity contribution >= 4 is 17.6 Å². The van der Waals surface area contributed by atoms with Crippen LogP contribution in [0.15, 0.2) is 66.7 Å². The Hall–Kier alpha value is -4.11. The van der Waals surface area contributed by atoms with Gasteiger partial charge >= 0.3 is 5.97 Å². The Morgan fingerprint density at radius 2 is 1.60 bits per heavy atom. The molecule has 0 unspecified atom stereocenters. The Morgan fingerprint density at radius 1 is 0.967 bits per heavy atom. The second kappa shape index (κ2) is 9.39. The number of nitrogens with one attached hydrogen (secondary N) is 1. The van der Waals surface area contributed by atoms with Gasteiger partial charge in [0.1, 0.15) is 5.75 Å². The van der Waals surface area contributed by atoms with Gasteiger partial charge < -0.3 is 14.8 Å². The van der Waals surface area contributed by atoms with Crippen molar-refractivity contribution < 1.29 is 19.1 Å². The smallest absolute Gasteiger partial charge is 0.337 e. The minimum Gasteiger partial charge on any atom is -0.484 e. The van der Waals surface area contributed by atoms with Crippen LogP contribution in [0, 0.1) is 18.3 Å². The van der Waals surface area contributed by atoms with Gasteiger partial charge in [-0.2, -0.15) is 5.26 Å². The lowest BCUT2D eigenvalue weighted by atomic mass is 10.0. The summed E-state index contributed by atoms with van der Waals surface area (Å²) in [5.74, 6) is -0.247. The van der Waals surface area contributed by atoms with Crippen molar-refractivity contribution in [3.05, 3.63) is 83.4 Å². The highest BCUT2D eigenvalue weighted by molar-refractivity contribution is 5.95. The molecule has 0 aliphatic carbocycles. The third-order valence-corrected chi connectivity index (χ3v) is 4.50. The van der Waals surface area contributed by atoms with Gasteiger partial charge in [-0.05, 0) is 60.0 Å². The number of benzene rings is 3. The van der Waals surface area contributed by atoms with Crippen molar-refractivity contribution in [3.8, 4) is 22.9 Å². The lowest BCUT2D eigenvalue weighted by Crippen LogP contribution is -2.21. The Balaban J connectivity index is 1.60. The number of nitriles is 1. The molecule has 3 rings (SSSR count). The summed E-state index contributed by atoms with van der Waals surface area (Å²) >= 11 is 0. The second-order valence-corrected chi connectivity index (χ2v) is 6.57. The van der Waals surface area contributed by atoms with E-state index in [9.17, 15) is 9.59 Å². The van der Waals surface area contributed by atoms with E-state index in [2.05, 4.69) is 11.4 Å². The van der Waals surface area contributed by atoms with Gasteiger partial charge in [-0.15, -0.1) is 0 Å². The van der Waals surface area contributed by atoms with Crippen LogP contribution in [0.3, 0.4) is 0 Å². The molecular formula is C24H20N2O4. The van der Waals surface area contributed by atoms with Crippen LogP contribution in [0.2, 0.25) is 0 Å². The predicted octanol–water partition coefficient (Wildman–Crippen LogP) is 4.34. The van der Waals surface area contributed by atoms with Crippen LogP contribution >= 0.6 is 0 Å². The van der Waals surface area contributed by atoms with E-state index in [4.69, 9.17) is 14.7 Å². The number of carbonyl (C=O) groups is 2. The zero-order valence-electron chi connectivity index (χ0n) is 16.6. The van der Waals surface area contributed by atoms with E-state index in [1.165, 1.54) is 7.11 Å². The molecule has 6 nitrogen and oxygen atoms in total. The van der Waals surface area contributed by atoms with Gasteiger partial charge in [-0.3, -0.25) is 4.79 Å². The van der Waals surface area contributed by atoms with Crippen LogP contribution in [0.4, 0.5) is 5.69 Å². The van der Waals surface area contributed by atoms with Crippen molar-refractivity contribution in [3.63, 3.8) is 0 Å². The molecule has 0 saturated heterocycles. The highest BCUT2D eigenvalue weighted by atomic mass is 16.5. The molecule has 1 N–H and O–H groups in total. The highest BCUT2D eigenvalue weighted by Gasteiger charge is 2.11. The van der Waals surface area contributed by atoms with Gasteiger partial charge in [0.05, 0.1) is 24.3 Å². The van der Waals surface area contributed by atoms with Gasteiger partial charge in [0.15, 0.2) is 6.61 Å². The van der Waals surface area contributed by atoms with E-state index in [0.29, 0.717) is 22.6 Å². The van der Waals surface area contributed by atoms with Gasteiger partial charge in [0, 0.05) is 5.69 Å². The molecule has 3 aromatic carbocycles. The molecule has 0 aromatic heterocycles. The molecule has 0 heterocycles. The second-order valence-electron chi connectivity index (χ2n) is 6.57. The van der Waals surface area contributed by atoms with E-state index >= 15 is 0 Å². The first-order chi connectivity index (χ1) is 14.5. The molecule has 0 fully saturated rings. The van der Waals surface area contributed by atoms with Crippen LogP contribution in [-0.2, 0) is 9.53 Å². The van der Waals surface area contributed by atoms with Crippen LogP contribution in [0.5, 0.6) is 5.75 Å². The molecule has 3 aromatic rings. The molecule has 0 bridgehead atoms. The Labute approximate surface area is 174 Å². The molecule has 0 aliphatic heterocycles. The summed E-state index contributed by atoms with van der Waals surface area (Å²) in [7, 11) is 1.31. The maximum atomic E-state index is 12.3. The normalized spacial score (nSPS) is 10.0. The number of hydrogen-bond acceptors (Lipinski definition) is 5. The number of methoxy groups -OCH3 is 1. The fourth-order valence-corrected chi connectivity index (χ4v) is 2.82. The lowest BCUT2D eigenvalue weighted by Gasteiger charge is -2.11. The first kappa shape index (κ1) is 20.6. The molecule has 150 valence electrons. The van der Waals surface area contributed by atoms with Crippen LogP contribution < -0.4 is 10.1 Å². The van der Waals surface area contributed by atoms with E-state index in [-0.39, 0.29) is 12.5 Å². The molecule has 1 amide bonds. The molecule has 0 radical (unpaired) electrons. The summed E-state index contributed by atoms with van der Waals surface area (Å²) in [6.45, 7) is 1.66. The number of hydrogen-bond donors (Lipinski definition) is 1. The van der Waals surface area contributed by atoms with E-state index < -0.39 is 5.97 Å². The van der Waals surface area contributed by atoms with Gasteiger partial charge in [-0.25, -0.2) is 4.79 Å². The topological polar surface area (TPSA) is 88.4 Å². The number of aryl methyl sites for hydroxylation is 1. The average Bonchev–Trinajstić information content (AvgIpc) is 2.79. The summed E-state index contributed by atoms with van der Waals surface area (Å²) in [6, 6.07) is 21.7. The van der Waals surface area contributed by atoms with E-state index in [0.717, 1.165) is 16.7 Å². The maximum Gasteiger partial charge on any atom is 0.337 e. The predicted molar refractivity (Wildman–Crippen MR) is 113 cm³/mol. The van der Waals surface area contributed by atoms with Gasteiger partial charge in [0.25, 0.3) is 5.91 Å². The zero-order valence-corrected chi connectivity index (χ0v) is 16.6. The third-order valence-electron chi connectivity index (χ3n) is 4.50. The Morgan fingerprint density at radius 3 is 2.20 bits per heavy atom. The van der Waals surface area contributed by atoms with Crippen molar-refractivity contribution in [2.45, 2.75) is 6.92 Å². The first-order valence-corrected chi connectivity index (χ1v) is 9.22. The third kappa shape index (κ3) is 5.03. The van der Waals surface area contributed by atoms with Gasteiger partial charge in [0.2, 0.25) is 0 Å². The number of ether oxygens (including phenoxy) is 2. The minimum atomic E-state index is -0.468. The van der Waals surface area contributed by atoms with Crippen molar-refractivity contribution in [1.29, 1.82) is 5.26 Å². The van der Waals surface area contributed by atoms with Crippen LogP contribution in [-0.4, -0.2) is 25.6 Å².